The Bertz CT molecular complexity index is 295. The minimum absolute atomic E-state index is 0. The summed E-state index contributed by atoms with van der Waals surface area (Å²) in [5.41, 5.74) is 4.45. The maximum atomic E-state index is 12.6. The number of halogens is 6. The smallest absolute Gasteiger partial charge is 0.364 e. The molecule has 0 aliphatic heterocycles. The molecule has 2 nitrogen and oxygen atoms in total. The van der Waals surface area contributed by atoms with E-state index in [0.717, 1.165) is 6.07 Å². The van der Waals surface area contributed by atoms with Gasteiger partial charge in [-0.05, 0) is 12.1 Å². The van der Waals surface area contributed by atoms with Crippen molar-refractivity contribution in [2.24, 2.45) is 5.73 Å². The van der Waals surface area contributed by atoms with Crippen molar-refractivity contribution in [2.75, 3.05) is 0 Å². The van der Waals surface area contributed by atoms with Crippen LogP contribution in [0.1, 0.15) is 11.7 Å². The largest absolute Gasteiger partial charge is 0.455 e. The Labute approximate surface area is 88.1 Å². The van der Waals surface area contributed by atoms with E-state index in [2.05, 4.69) is 4.98 Å². The molecule has 0 spiro atoms. The Morgan fingerprint density at radius 3 is 2.07 bits per heavy atom. The summed E-state index contributed by atoms with van der Waals surface area (Å²) >= 11 is 0. The molecule has 8 heteroatoms. The summed E-state index contributed by atoms with van der Waals surface area (Å²) in [6, 6.07) is -0.0381. The first-order valence-corrected chi connectivity index (χ1v) is 3.60. The van der Waals surface area contributed by atoms with E-state index in [9.17, 15) is 22.0 Å². The molecule has 15 heavy (non-hydrogen) atoms. The van der Waals surface area contributed by atoms with Crippen LogP contribution in [0.5, 0.6) is 0 Å². The average Bonchev–Trinajstić information content (AvgIpc) is 2.52. The van der Waals surface area contributed by atoms with Gasteiger partial charge in [-0.15, -0.1) is 12.4 Å². The van der Waals surface area contributed by atoms with Crippen LogP contribution in [0.15, 0.2) is 18.3 Å². The third-order valence-corrected chi connectivity index (χ3v) is 1.73. The van der Waals surface area contributed by atoms with Gasteiger partial charge in [-0.3, -0.25) is 0 Å². The molecule has 0 amide bonds. The van der Waals surface area contributed by atoms with Crippen LogP contribution in [0, 0.1) is 0 Å². The van der Waals surface area contributed by atoms with Gasteiger partial charge in [0.05, 0.1) is 0 Å². The molecule has 1 aromatic heterocycles. The predicted octanol–water partition coefficient (Wildman–Crippen LogP) is 2.63. The van der Waals surface area contributed by atoms with Crippen LogP contribution in [0.3, 0.4) is 0 Å². The lowest BCUT2D eigenvalue weighted by atomic mass is 10.1. The van der Waals surface area contributed by atoms with Crippen LogP contribution in [0.25, 0.3) is 0 Å². The van der Waals surface area contributed by atoms with E-state index >= 15 is 0 Å². The molecule has 3 N–H and O–H groups in total. The van der Waals surface area contributed by atoms with Crippen LogP contribution in [0.4, 0.5) is 22.0 Å². The van der Waals surface area contributed by atoms with Gasteiger partial charge in [0.15, 0.2) is 0 Å². The van der Waals surface area contributed by atoms with Crippen LogP contribution in [0.2, 0.25) is 0 Å². The monoisotopic (exact) mass is 250 g/mol. The fraction of sp³-hybridized carbons (Fsp3) is 0.429. The number of nitrogens with two attached hydrogens (primary N) is 1. The van der Waals surface area contributed by atoms with Gasteiger partial charge in [-0.2, -0.15) is 22.0 Å². The van der Waals surface area contributed by atoms with Crippen molar-refractivity contribution < 1.29 is 22.0 Å². The van der Waals surface area contributed by atoms with Gasteiger partial charge in [-0.25, -0.2) is 0 Å². The van der Waals surface area contributed by atoms with E-state index in [1.165, 1.54) is 12.3 Å². The molecule has 0 aromatic carbocycles. The van der Waals surface area contributed by atoms with Gasteiger partial charge in [0.1, 0.15) is 6.04 Å². The normalized spacial score (nSPS) is 14.5. The second kappa shape index (κ2) is 4.36. The van der Waals surface area contributed by atoms with Crippen LogP contribution < -0.4 is 5.73 Å². The van der Waals surface area contributed by atoms with Crippen molar-refractivity contribution in [3.63, 3.8) is 0 Å². The molecule has 88 valence electrons. The van der Waals surface area contributed by atoms with Crippen LogP contribution in [-0.4, -0.2) is 17.1 Å². The number of aromatic amines is 1. The molecule has 0 radical (unpaired) electrons. The SMILES string of the molecule is Cl.N[C@@H](c1ccc[nH]1)C(F)(F)C(F)(F)F. The molecule has 1 rings (SSSR count). The molecular weight excluding hydrogens is 243 g/mol. The van der Waals surface area contributed by atoms with E-state index in [-0.39, 0.29) is 18.1 Å². The molecule has 0 aliphatic rings. The lowest BCUT2D eigenvalue weighted by molar-refractivity contribution is -0.291. The van der Waals surface area contributed by atoms with E-state index < -0.39 is 18.1 Å². The number of alkyl halides is 5. The van der Waals surface area contributed by atoms with E-state index in [0.29, 0.717) is 0 Å². The summed E-state index contributed by atoms with van der Waals surface area (Å²) in [6.07, 6.45) is -4.42. The number of rotatable bonds is 2. The van der Waals surface area contributed by atoms with Gasteiger partial charge in [0.25, 0.3) is 0 Å². The quantitative estimate of drug-likeness (QED) is 0.779. The van der Waals surface area contributed by atoms with Crippen molar-refractivity contribution in [3.8, 4) is 0 Å². The van der Waals surface area contributed by atoms with Crippen molar-refractivity contribution in [2.45, 2.75) is 18.1 Å². The number of hydrogen-bond acceptors (Lipinski definition) is 1. The molecule has 0 aliphatic carbocycles. The van der Waals surface area contributed by atoms with Gasteiger partial charge in [-0.1, -0.05) is 0 Å². The Hall–Kier alpha value is -0.820. The third kappa shape index (κ3) is 2.60. The Kier molecular flexibility index (Phi) is 4.12. The highest BCUT2D eigenvalue weighted by Gasteiger charge is 2.62. The van der Waals surface area contributed by atoms with Gasteiger partial charge in [0, 0.05) is 11.9 Å². The molecular formula is C7H8ClF5N2. The number of hydrogen-bond donors (Lipinski definition) is 2. The molecule has 0 saturated heterocycles. The maximum absolute atomic E-state index is 12.6. The minimum Gasteiger partial charge on any atom is -0.364 e. The Balaban J connectivity index is 0.00000196. The summed E-state index contributed by atoms with van der Waals surface area (Å²) < 4.78 is 60.7. The minimum atomic E-state index is -5.64. The molecule has 0 bridgehead atoms. The number of aromatic nitrogens is 1. The summed E-state index contributed by atoms with van der Waals surface area (Å²) in [5.74, 6) is -4.93. The summed E-state index contributed by atoms with van der Waals surface area (Å²) in [6.45, 7) is 0. The standard InChI is InChI=1S/C7H7F5N2.ClH/c8-6(9,7(10,11)12)5(13)4-2-1-3-14-4;/h1-3,5,14H,13H2;1H/t5-;/m0./s1. The maximum Gasteiger partial charge on any atom is 0.455 e. The van der Waals surface area contributed by atoms with Gasteiger partial charge < -0.3 is 10.7 Å². The zero-order chi connectivity index (χ0) is 11.0. The van der Waals surface area contributed by atoms with Crippen molar-refractivity contribution in [1.82, 2.24) is 4.98 Å². The Morgan fingerprint density at radius 1 is 1.20 bits per heavy atom. The second-order valence-electron chi connectivity index (χ2n) is 2.72. The summed E-state index contributed by atoms with van der Waals surface area (Å²) in [4.78, 5) is 2.21. The van der Waals surface area contributed by atoms with Crippen LogP contribution in [-0.2, 0) is 0 Å². The fourth-order valence-electron chi connectivity index (χ4n) is 0.909. The number of H-pyrrole nitrogens is 1. The van der Waals surface area contributed by atoms with E-state index in [1.807, 2.05) is 0 Å². The molecule has 0 unspecified atom stereocenters. The zero-order valence-electron chi connectivity index (χ0n) is 7.18. The van der Waals surface area contributed by atoms with Crippen LogP contribution >= 0.6 is 12.4 Å². The Morgan fingerprint density at radius 2 is 1.73 bits per heavy atom. The zero-order valence-corrected chi connectivity index (χ0v) is 8.00. The molecule has 0 fully saturated rings. The molecule has 0 saturated carbocycles. The number of nitrogens with one attached hydrogen (secondary N) is 1. The van der Waals surface area contributed by atoms with E-state index in [4.69, 9.17) is 5.73 Å². The highest BCUT2D eigenvalue weighted by atomic mass is 35.5. The summed E-state index contributed by atoms with van der Waals surface area (Å²) in [5, 5.41) is 0. The fourth-order valence-corrected chi connectivity index (χ4v) is 0.909. The molecule has 1 heterocycles. The lowest BCUT2D eigenvalue weighted by Crippen LogP contribution is -2.45. The predicted molar refractivity (Wildman–Crippen MR) is 46.0 cm³/mol. The topological polar surface area (TPSA) is 41.8 Å². The highest BCUT2D eigenvalue weighted by Crippen LogP contribution is 2.42. The average molecular weight is 251 g/mol. The second-order valence-corrected chi connectivity index (χ2v) is 2.72. The van der Waals surface area contributed by atoms with Gasteiger partial charge >= 0.3 is 12.1 Å². The molecule has 1 aromatic rings. The highest BCUT2D eigenvalue weighted by molar-refractivity contribution is 5.85. The van der Waals surface area contributed by atoms with Crippen molar-refractivity contribution in [3.05, 3.63) is 24.0 Å². The first kappa shape index (κ1) is 14.2. The van der Waals surface area contributed by atoms with Gasteiger partial charge in [0.2, 0.25) is 0 Å². The van der Waals surface area contributed by atoms with E-state index in [1.54, 1.807) is 0 Å². The van der Waals surface area contributed by atoms with Crippen molar-refractivity contribution in [1.29, 1.82) is 0 Å². The first-order chi connectivity index (χ1) is 6.27. The lowest BCUT2D eigenvalue weighted by Gasteiger charge is -2.24. The first-order valence-electron chi connectivity index (χ1n) is 3.60. The third-order valence-electron chi connectivity index (χ3n) is 1.73. The molecule has 1 atom stereocenters. The summed E-state index contributed by atoms with van der Waals surface area (Å²) in [7, 11) is 0. The van der Waals surface area contributed by atoms with Crippen molar-refractivity contribution >= 4 is 12.4 Å².